The summed E-state index contributed by atoms with van der Waals surface area (Å²) in [6.07, 6.45) is 0.532. The summed E-state index contributed by atoms with van der Waals surface area (Å²) in [5.41, 5.74) is 1.02. The summed E-state index contributed by atoms with van der Waals surface area (Å²) in [4.78, 5) is 1.28. The molecule has 0 radical (unpaired) electrons. The van der Waals surface area contributed by atoms with E-state index >= 15 is 0 Å². The first-order chi connectivity index (χ1) is 7.36. The van der Waals surface area contributed by atoms with Gasteiger partial charge in [-0.25, -0.2) is 0 Å². The third-order valence-electron chi connectivity index (χ3n) is 1.60. The van der Waals surface area contributed by atoms with Gasteiger partial charge in [-0.05, 0) is 6.07 Å². The van der Waals surface area contributed by atoms with E-state index in [1.54, 1.807) is 23.1 Å². The van der Waals surface area contributed by atoms with E-state index in [0.29, 0.717) is 6.42 Å². The number of hydrogen-bond donors (Lipinski definition) is 2. The van der Waals surface area contributed by atoms with E-state index in [1.807, 2.05) is 5.38 Å². The summed E-state index contributed by atoms with van der Waals surface area (Å²) in [5, 5.41) is 19.2. The highest BCUT2D eigenvalue weighted by molar-refractivity contribution is 7.98. The van der Waals surface area contributed by atoms with Crippen molar-refractivity contribution < 1.29 is 10.2 Å². The summed E-state index contributed by atoms with van der Waals surface area (Å²) in [6, 6.07) is 2.07. The highest BCUT2D eigenvalue weighted by atomic mass is 32.2. The molecule has 0 aliphatic rings. The Kier molecular flexibility index (Phi) is 6.53. The monoisotopic (exact) mass is 242 g/mol. The van der Waals surface area contributed by atoms with Crippen molar-refractivity contribution in [1.82, 2.24) is 0 Å². The number of thiophene rings is 1. The molecule has 0 saturated carbocycles. The molecule has 82 valence electrons. The maximum absolute atomic E-state index is 8.63. The molecule has 2 N–H and O–H groups in total. The summed E-state index contributed by atoms with van der Waals surface area (Å²) in [5.74, 6) is 7.61. The minimum Gasteiger partial charge on any atom is -0.396 e. The van der Waals surface area contributed by atoms with Crippen molar-refractivity contribution in [2.75, 3.05) is 19.0 Å². The first kappa shape index (κ1) is 12.6. The SMILES string of the molecule is OCCC#Cc1csc(CSCCO)c1. The van der Waals surface area contributed by atoms with Gasteiger partial charge in [0.1, 0.15) is 0 Å². The molecule has 0 amide bonds. The van der Waals surface area contributed by atoms with Gasteiger partial charge in [-0.2, -0.15) is 11.8 Å². The molecule has 0 aromatic carbocycles. The third-order valence-corrected chi connectivity index (χ3v) is 3.71. The predicted octanol–water partition coefficient (Wildman–Crippen LogP) is 1.71. The minimum absolute atomic E-state index is 0.121. The van der Waals surface area contributed by atoms with Crippen LogP contribution in [0, 0.1) is 11.8 Å². The zero-order chi connectivity index (χ0) is 10.9. The molecule has 1 heterocycles. The van der Waals surface area contributed by atoms with Crippen molar-refractivity contribution in [2.45, 2.75) is 12.2 Å². The van der Waals surface area contributed by atoms with E-state index in [2.05, 4.69) is 17.9 Å². The van der Waals surface area contributed by atoms with Gasteiger partial charge in [0.15, 0.2) is 0 Å². The van der Waals surface area contributed by atoms with Crippen molar-refractivity contribution >= 4 is 23.1 Å². The highest BCUT2D eigenvalue weighted by Crippen LogP contribution is 2.19. The van der Waals surface area contributed by atoms with Crippen LogP contribution in [0.4, 0.5) is 0 Å². The van der Waals surface area contributed by atoms with E-state index in [1.165, 1.54) is 4.88 Å². The normalized spacial score (nSPS) is 9.73. The molecule has 4 heteroatoms. The Hall–Kier alpha value is -0.470. The molecule has 0 unspecified atom stereocenters. The second kappa shape index (κ2) is 7.77. The van der Waals surface area contributed by atoms with Gasteiger partial charge in [0.05, 0.1) is 13.2 Å². The van der Waals surface area contributed by atoms with E-state index < -0.39 is 0 Å². The predicted molar refractivity (Wildman–Crippen MR) is 66.1 cm³/mol. The number of rotatable bonds is 5. The lowest BCUT2D eigenvalue weighted by Crippen LogP contribution is -1.85. The van der Waals surface area contributed by atoms with Crippen LogP contribution < -0.4 is 0 Å². The fourth-order valence-corrected chi connectivity index (χ4v) is 2.66. The van der Waals surface area contributed by atoms with Gasteiger partial charge in [0.2, 0.25) is 0 Å². The van der Waals surface area contributed by atoms with Crippen molar-refractivity contribution in [1.29, 1.82) is 0 Å². The number of aliphatic hydroxyl groups excluding tert-OH is 2. The zero-order valence-corrected chi connectivity index (χ0v) is 10.0. The lowest BCUT2D eigenvalue weighted by molar-refractivity contribution is 0.305. The molecule has 0 atom stereocenters. The largest absolute Gasteiger partial charge is 0.396 e. The number of thioether (sulfide) groups is 1. The van der Waals surface area contributed by atoms with Crippen molar-refractivity contribution in [3.8, 4) is 11.8 Å². The Morgan fingerprint density at radius 2 is 2.20 bits per heavy atom. The van der Waals surface area contributed by atoms with Gasteiger partial charge >= 0.3 is 0 Å². The topological polar surface area (TPSA) is 40.5 Å². The Balaban J connectivity index is 2.39. The fourth-order valence-electron chi connectivity index (χ4n) is 0.980. The van der Waals surface area contributed by atoms with Crippen LogP contribution in [0.1, 0.15) is 16.9 Å². The van der Waals surface area contributed by atoms with E-state index in [9.17, 15) is 0 Å². The average Bonchev–Trinajstić information content (AvgIpc) is 2.67. The molecular weight excluding hydrogens is 228 g/mol. The lowest BCUT2D eigenvalue weighted by Gasteiger charge is -1.93. The quantitative estimate of drug-likeness (QED) is 0.610. The summed E-state index contributed by atoms with van der Waals surface area (Å²) < 4.78 is 0. The van der Waals surface area contributed by atoms with Gasteiger partial charge in [0, 0.05) is 33.7 Å². The second-order valence-electron chi connectivity index (χ2n) is 2.85. The van der Waals surface area contributed by atoms with Gasteiger partial charge in [0.25, 0.3) is 0 Å². The Morgan fingerprint density at radius 3 is 2.93 bits per heavy atom. The maximum atomic E-state index is 8.63. The van der Waals surface area contributed by atoms with Gasteiger partial charge in [-0.15, -0.1) is 11.3 Å². The fraction of sp³-hybridized carbons (Fsp3) is 0.455. The van der Waals surface area contributed by atoms with Gasteiger partial charge in [-0.3, -0.25) is 0 Å². The van der Waals surface area contributed by atoms with Crippen LogP contribution in [0.2, 0.25) is 0 Å². The molecule has 1 aromatic heterocycles. The molecule has 1 rings (SSSR count). The van der Waals surface area contributed by atoms with Crippen LogP contribution in [0.3, 0.4) is 0 Å². The van der Waals surface area contributed by atoms with Crippen molar-refractivity contribution in [3.63, 3.8) is 0 Å². The molecule has 0 fully saturated rings. The van der Waals surface area contributed by atoms with Crippen LogP contribution in [-0.4, -0.2) is 29.2 Å². The smallest absolute Gasteiger partial charge is 0.0540 e. The third kappa shape index (κ3) is 5.24. The van der Waals surface area contributed by atoms with E-state index in [0.717, 1.165) is 17.1 Å². The Bertz CT molecular complexity index is 336. The molecule has 0 aliphatic heterocycles. The zero-order valence-electron chi connectivity index (χ0n) is 8.40. The standard InChI is InChI=1S/C11H14O2S2/c12-4-2-1-3-10-7-11(15-8-10)9-14-6-5-13/h7-8,12-13H,2,4-6,9H2. The summed E-state index contributed by atoms with van der Waals surface area (Å²) >= 11 is 3.41. The first-order valence-electron chi connectivity index (χ1n) is 4.72. The molecule has 0 bridgehead atoms. The highest BCUT2D eigenvalue weighted by Gasteiger charge is 1.97. The van der Waals surface area contributed by atoms with Crippen LogP contribution >= 0.6 is 23.1 Å². The Morgan fingerprint density at radius 1 is 1.33 bits per heavy atom. The molecule has 0 saturated heterocycles. The van der Waals surface area contributed by atoms with Crippen LogP contribution in [0.15, 0.2) is 11.4 Å². The van der Waals surface area contributed by atoms with E-state index in [4.69, 9.17) is 10.2 Å². The Labute approximate surface area is 98.3 Å². The molecule has 1 aromatic rings. The maximum Gasteiger partial charge on any atom is 0.0540 e. The first-order valence-corrected chi connectivity index (χ1v) is 6.76. The lowest BCUT2D eigenvalue weighted by atomic mass is 10.3. The number of hydrogen-bond acceptors (Lipinski definition) is 4. The summed E-state index contributed by atoms with van der Waals surface area (Å²) in [6.45, 7) is 0.357. The molecule has 0 aliphatic carbocycles. The van der Waals surface area contributed by atoms with Crippen molar-refractivity contribution in [3.05, 3.63) is 21.9 Å². The van der Waals surface area contributed by atoms with Gasteiger partial charge < -0.3 is 10.2 Å². The van der Waals surface area contributed by atoms with Gasteiger partial charge in [-0.1, -0.05) is 11.8 Å². The molecule has 2 nitrogen and oxygen atoms in total. The summed E-state index contributed by atoms with van der Waals surface area (Å²) in [7, 11) is 0. The van der Waals surface area contributed by atoms with Crippen LogP contribution in [0.5, 0.6) is 0 Å². The van der Waals surface area contributed by atoms with Crippen molar-refractivity contribution in [2.24, 2.45) is 0 Å². The van der Waals surface area contributed by atoms with E-state index in [-0.39, 0.29) is 13.2 Å². The second-order valence-corrected chi connectivity index (χ2v) is 4.95. The molecule has 0 spiro atoms. The number of aliphatic hydroxyl groups is 2. The molecular formula is C11H14O2S2. The average molecular weight is 242 g/mol. The minimum atomic E-state index is 0.121. The van der Waals surface area contributed by atoms with Crippen LogP contribution in [-0.2, 0) is 5.75 Å². The molecule has 15 heavy (non-hydrogen) atoms. The van der Waals surface area contributed by atoms with Crippen LogP contribution in [0.25, 0.3) is 0 Å².